The van der Waals surface area contributed by atoms with Crippen molar-refractivity contribution in [2.75, 3.05) is 52.5 Å². The summed E-state index contributed by atoms with van der Waals surface area (Å²) in [7, 11) is 0. The molecule has 8 atom stereocenters. The number of nitrogens with zero attached hydrogens (tertiary/aromatic N) is 2. The molecule has 6 aliphatic rings. The molecule has 7 rings (SSSR count). The number of hydrogen-bond donors (Lipinski definition) is 0. The number of likely N-dealkylation sites (tertiary alicyclic amines) is 2. The monoisotopic (exact) mass is 552 g/mol. The molecule has 2 aliphatic heterocycles. The Balaban J connectivity index is 1.08. The van der Waals surface area contributed by atoms with E-state index in [4.69, 9.17) is 13.9 Å². The Labute approximate surface area is 243 Å². The molecule has 1 aromatic heterocycles. The predicted molar refractivity (Wildman–Crippen MR) is 159 cm³/mol. The summed E-state index contributed by atoms with van der Waals surface area (Å²) >= 11 is 0. The minimum atomic E-state index is 0.00857. The molecule has 0 spiro atoms. The molecule has 2 saturated heterocycles. The third-order valence-electron chi connectivity index (χ3n) is 13.6. The van der Waals surface area contributed by atoms with Crippen molar-refractivity contribution in [2.24, 2.45) is 28.6 Å². The number of fused-ring (bicyclic) bond motifs is 5. The van der Waals surface area contributed by atoms with Crippen molar-refractivity contribution in [1.29, 1.82) is 0 Å². The van der Waals surface area contributed by atoms with Gasteiger partial charge in [-0.15, -0.1) is 0 Å². The van der Waals surface area contributed by atoms with Gasteiger partial charge >= 0.3 is 0 Å². The van der Waals surface area contributed by atoms with E-state index in [0.717, 1.165) is 38.1 Å². The smallest absolute Gasteiger partial charge is 0.0937 e. The SMILES string of the molecule is C[C@]12CC[C@H](OCCN3CCCC3)C[C@H]1CC[C@@H]1[C@@H]2CC[C@]2(C)[C@@H](c3ccoc3)CC[C@]12OCCN1CCCC1. The van der Waals surface area contributed by atoms with Crippen molar-refractivity contribution in [3.63, 3.8) is 0 Å². The van der Waals surface area contributed by atoms with Gasteiger partial charge < -0.3 is 23.7 Å². The van der Waals surface area contributed by atoms with Crippen LogP contribution >= 0.6 is 0 Å². The van der Waals surface area contributed by atoms with E-state index < -0.39 is 0 Å². The summed E-state index contributed by atoms with van der Waals surface area (Å²) in [5.41, 5.74) is 2.06. The molecule has 0 unspecified atom stereocenters. The molecule has 4 aliphatic carbocycles. The Kier molecular flexibility index (Phi) is 7.90. The molecule has 224 valence electrons. The number of ether oxygens (including phenoxy) is 2. The van der Waals surface area contributed by atoms with Crippen molar-refractivity contribution < 1.29 is 13.9 Å². The molecule has 5 heteroatoms. The van der Waals surface area contributed by atoms with Gasteiger partial charge in [-0.05, 0) is 150 Å². The molecule has 0 radical (unpaired) electrons. The third-order valence-corrected chi connectivity index (χ3v) is 13.6. The molecule has 0 N–H and O–H groups in total. The van der Waals surface area contributed by atoms with Gasteiger partial charge in [0, 0.05) is 18.5 Å². The van der Waals surface area contributed by atoms with E-state index in [0.29, 0.717) is 23.4 Å². The van der Waals surface area contributed by atoms with Crippen LogP contribution in [0, 0.1) is 28.6 Å². The Morgan fingerprint density at radius 2 is 1.57 bits per heavy atom. The summed E-state index contributed by atoms with van der Waals surface area (Å²) in [6, 6.07) is 2.24. The molecule has 3 heterocycles. The van der Waals surface area contributed by atoms with Crippen molar-refractivity contribution in [3.05, 3.63) is 24.2 Å². The highest BCUT2D eigenvalue weighted by atomic mass is 16.5. The lowest BCUT2D eigenvalue weighted by atomic mass is 9.43. The second kappa shape index (κ2) is 11.3. The zero-order valence-corrected chi connectivity index (χ0v) is 25.6. The van der Waals surface area contributed by atoms with Gasteiger partial charge in [-0.25, -0.2) is 0 Å². The van der Waals surface area contributed by atoms with Crippen LogP contribution in [0.1, 0.15) is 109 Å². The summed E-state index contributed by atoms with van der Waals surface area (Å²) in [6.45, 7) is 14.5. The van der Waals surface area contributed by atoms with E-state index >= 15 is 0 Å². The van der Waals surface area contributed by atoms with Crippen LogP contribution in [0.15, 0.2) is 23.0 Å². The predicted octanol–water partition coefficient (Wildman–Crippen LogP) is 7.12. The van der Waals surface area contributed by atoms with Gasteiger partial charge in [0.2, 0.25) is 0 Å². The molecule has 4 saturated carbocycles. The van der Waals surface area contributed by atoms with E-state index in [9.17, 15) is 0 Å². The van der Waals surface area contributed by atoms with Gasteiger partial charge in [-0.2, -0.15) is 0 Å². The Bertz CT molecular complexity index is 971. The van der Waals surface area contributed by atoms with Crippen LogP contribution < -0.4 is 0 Å². The molecular weight excluding hydrogens is 496 g/mol. The summed E-state index contributed by atoms with van der Waals surface area (Å²) in [5.74, 6) is 2.86. The van der Waals surface area contributed by atoms with Gasteiger partial charge in [0.15, 0.2) is 0 Å². The van der Waals surface area contributed by atoms with Crippen LogP contribution in [0.2, 0.25) is 0 Å². The molecular formula is C35H56N2O3. The first-order chi connectivity index (χ1) is 19.5. The normalized spacial score (nSPS) is 44.0. The Morgan fingerprint density at radius 1 is 0.825 bits per heavy atom. The van der Waals surface area contributed by atoms with Crippen LogP contribution in [0.4, 0.5) is 0 Å². The minimum Gasteiger partial charge on any atom is -0.472 e. The first-order valence-corrected chi connectivity index (χ1v) is 17.2. The van der Waals surface area contributed by atoms with Crippen LogP contribution in [0.5, 0.6) is 0 Å². The van der Waals surface area contributed by atoms with Crippen LogP contribution in [0.3, 0.4) is 0 Å². The molecule has 0 amide bonds. The minimum absolute atomic E-state index is 0.00857. The van der Waals surface area contributed by atoms with Crippen LogP contribution in [-0.4, -0.2) is 74.0 Å². The topological polar surface area (TPSA) is 38.1 Å². The number of rotatable bonds is 9. The van der Waals surface area contributed by atoms with E-state index in [1.54, 1.807) is 0 Å². The number of furan rings is 1. The maximum absolute atomic E-state index is 7.40. The average molecular weight is 553 g/mol. The van der Waals surface area contributed by atoms with E-state index in [1.807, 2.05) is 12.5 Å². The van der Waals surface area contributed by atoms with Gasteiger partial charge in [-0.1, -0.05) is 13.8 Å². The molecule has 40 heavy (non-hydrogen) atoms. The zero-order chi connectivity index (χ0) is 27.2. The van der Waals surface area contributed by atoms with E-state index in [1.165, 1.54) is 115 Å². The van der Waals surface area contributed by atoms with Gasteiger partial charge in [0.1, 0.15) is 0 Å². The standard InChI is InChI=1S/C35H56N2O3/c1-33-13-9-29(39-23-20-36-16-3-4-17-36)25-28(33)7-8-32-31(33)10-14-34(2)30(27-12-22-38-26-27)11-15-35(32,34)40-24-21-37-18-5-6-19-37/h12,22,26,28-32H,3-11,13-21,23-25H2,1-2H3/t28-,29+,30-,31+,32-,33+,34-,35+/m1/s1. The fourth-order valence-corrected chi connectivity index (χ4v) is 11.4. The van der Waals surface area contributed by atoms with Crippen molar-refractivity contribution in [3.8, 4) is 0 Å². The lowest BCUT2D eigenvalue weighted by molar-refractivity contribution is -0.231. The first-order valence-electron chi connectivity index (χ1n) is 17.2. The molecule has 0 aromatic carbocycles. The molecule has 6 fully saturated rings. The van der Waals surface area contributed by atoms with E-state index in [2.05, 4.69) is 29.7 Å². The van der Waals surface area contributed by atoms with Crippen molar-refractivity contribution >= 4 is 0 Å². The zero-order valence-electron chi connectivity index (χ0n) is 25.6. The first kappa shape index (κ1) is 27.9. The summed E-state index contributed by atoms with van der Waals surface area (Å²) in [6.07, 6.45) is 21.6. The maximum Gasteiger partial charge on any atom is 0.0937 e. The van der Waals surface area contributed by atoms with Crippen LogP contribution in [0.25, 0.3) is 0 Å². The van der Waals surface area contributed by atoms with Crippen molar-refractivity contribution in [2.45, 2.75) is 115 Å². The second-order valence-electron chi connectivity index (χ2n) is 15.2. The second-order valence-corrected chi connectivity index (χ2v) is 15.2. The van der Waals surface area contributed by atoms with Crippen molar-refractivity contribution in [1.82, 2.24) is 9.80 Å². The largest absolute Gasteiger partial charge is 0.472 e. The molecule has 1 aromatic rings. The van der Waals surface area contributed by atoms with Crippen LogP contribution in [-0.2, 0) is 9.47 Å². The maximum atomic E-state index is 7.40. The Morgan fingerprint density at radius 3 is 2.30 bits per heavy atom. The Hall–Kier alpha value is -0.880. The average Bonchev–Trinajstić information content (AvgIpc) is 3.77. The summed E-state index contributed by atoms with van der Waals surface area (Å²) in [4.78, 5) is 5.23. The molecule has 5 nitrogen and oxygen atoms in total. The summed E-state index contributed by atoms with van der Waals surface area (Å²) in [5, 5.41) is 0. The fraction of sp³-hybridized carbons (Fsp3) is 0.886. The third kappa shape index (κ3) is 4.74. The quantitative estimate of drug-likeness (QED) is 0.326. The highest BCUT2D eigenvalue weighted by molar-refractivity contribution is 5.27. The highest BCUT2D eigenvalue weighted by Crippen LogP contribution is 2.71. The van der Waals surface area contributed by atoms with E-state index in [-0.39, 0.29) is 11.0 Å². The lowest BCUT2D eigenvalue weighted by Gasteiger charge is -2.65. The fourth-order valence-electron chi connectivity index (χ4n) is 11.4. The van der Waals surface area contributed by atoms with Gasteiger partial charge in [0.25, 0.3) is 0 Å². The summed E-state index contributed by atoms with van der Waals surface area (Å²) < 4.78 is 19.6. The number of hydrogen-bond acceptors (Lipinski definition) is 5. The molecule has 0 bridgehead atoms. The van der Waals surface area contributed by atoms with Gasteiger partial charge in [-0.3, -0.25) is 0 Å². The highest BCUT2D eigenvalue weighted by Gasteiger charge is 2.68. The lowest BCUT2D eigenvalue weighted by Crippen LogP contribution is -2.63. The van der Waals surface area contributed by atoms with Gasteiger partial charge in [0.05, 0.1) is 37.4 Å².